The average Bonchev–Trinajstić information content (AvgIpc) is 3.17. The van der Waals surface area contributed by atoms with Crippen molar-refractivity contribution in [2.75, 3.05) is 31.7 Å². The highest BCUT2D eigenvalue weighted by Gasteiger charge is 2.49. The lowest BCUT2D eigenvalue weighted by atomic mass is 9.87. The van der Waals surface area contributed by atoms with Gasteiger partial charge in [0.25, 0.3) is 0 Å². The van der Waals surface area contributed by atoms with E-state index in [9.17, 15) is 5.11 Å². The van der Waals surface area contributed by atoms with Gasteiger partial charge in [-0.15, -0.1) is 10.2 Å². The van der Waals surface area contributed by atoms with Crippen molar-refractivity contribution in [2.24, 2.45) is 0 Å². The van der Waals surface area contributed by atoms with E-state index in [0.29, 0.717) is 30.2 Å². The molecule has 0 radical (unpaired) electrons. The van der Waals surface area contributed by atoms with Crippen LogP contribution in [0, 0.1) is 0 Å². The highest BCUT2D eigenvalue weighted by atomic mass is 19.1. The Kier molecular flexibility index (Phi) is 4.59. The molecule has 30 heavy (non-hydrogen) atoms. The molecule has 3 N–H and O–H groups in total. The van der Waals surface area contributed by atoms with Crippen molar-refractivity contribution in [1.29, 1.82) is 0 Å². The molecule has 0 aliphatic carbocycles. The van der Waals surface area contributed by atoms with Gasteiger partial charge in [0.1, 0.15) is 11.4 Å². The first kappa shape index (κ1) is 18.9. The molecule has 0 saturated carbocycles. The molecule has 0 spiro atoms. The number of benzene rings is 1. The lowest BCUT2D eigenvalue weighted by Gasteiger charge is -2.42. The number of phenols is 1. The van der Waals surface area contributed by atoms with Gasteiger partial charge in [0.15, 0.2) is 5.67 Å². The van der Waals surface area contributed by atoms with Gasteiger partial charge in [-0.2, -0.15) is 5.10 Å². The molecule has 1 aromatic carbocycles. The number of piperidine rings is 1. The number of hydrogen-bond acceptors (Lipinski definition) is 8. The third kappa shape index (κ3) is 3.27. The van der Waals surface area contributed by atoms with Gasteiger partial charge in [-0.05, 0) is 24.1 Å². The first-order valence-corrected chi connectivity index (χ1v) is 9.79. The fourth-order valence-corrected chi connectivity index (χ4v) is 4.18. The monoisotopic (exact) mass is 411 g/mol. The maximum absolute atomic E-state index is 15.4. The number of fused-ring (bicyclic) bond motifs is 4. The summed E-state index contributed by atoms with van der Waals surface area (Å²) in [6.45, 7) is 0.797. The summed E-state index contributed by atoms with van der Waals surface area (Å²) in [6, 6.07) is 4.98. The molecule has 3 fully saturated rings. The predicted octanol–water partition coefficient (Wildman–Crippen LogP) is 1.54. The highest BCUT2D eigenvalue weighted by molar-refractivity contribution is 5.73. The standard InChI is InChI=1S/C20H22FN7O2/c1-28(18-5-14-9-30-11-20(18,21)10-23-14)19-22-8-16(26-27-19)15-3-2-12(4-17(15)29)13-6-24-25-7-13/h2-4,6-8,14,18,23,29H,5,9-11H2,1H3,(H,24,25)/t14-,18+,20?/m1/s1. The average molecular weight is 411 g/mol. The van der Waals surface area contributed by atoms with E-state index in [-0.39, 0.29) is 24.9 Å². The number of hydrogen-bond donors (Lipinski definition) is 3. The van der Waals surface area contributed by atoms with Crippen LogP contribution in [-0.2, 0) is 4.74 Å². The zero-order valence-corrected chi connectivity index (χ0v) is 16.4. The minimum atomic E-state index is -1.51. The zero-order valence-electron chi connectivity index (χ0n) is 16.4. The molecular formula is C20H22FN7O2. The highest BCUT2D eigenvalue weighted by Crippen LogP contribution is 2.34. The van der Waals surface area contributed by atoms with Crippen LogP contribution in [0.3, 0.4) is 0 Å². The molecule has 9 nitrogen and oxygen atoms in total. The van der Waals surface area contributed by atoms with Crippen molar-refractivity contribution < 1.29 is 14.2 Å². The van der Waals surface area contributed by atoms with Crippen molar-refractivity contribution in [3.05, 3.63) is 36.8 Å². The summed E-state index contributed by atoms with van der Waals surface area (Å²) in [6.07, 6.45) is 5.58. The van der Waals surface area contributed by atoms with Crippen LogP contribution in [-0.4, -0.2) is 75.0 Å². The number of phenolic OH excluding ortho intramolecular Hbond substituents is 1. The van der Waals surface area contributed by atoms with E-state index in [1.54, 1.807) is 42.7 Å². The third-order valence-corrected chi connectivity index (χ3v) is 5.89. The molecule has 3 aromatic rings. The van der Waals surface area contributed by atoms with Gasteiger partial charge < -0.3 is 20.1 Å². The summed E-state index contributed by atoms with van der Waals surface area (Å²) in [5, 5.41) is 28.7. The SMILES string of the molecule is CN(c1ncc(-c2ccc(-c3cn[nH]c3)cc2O)nn1)[C@H]1C[C@@H]2COCC1(F)CN2. The van der Waals surface area contributed by atoms with Crippen LogP contribution in [0.4, 0.5) is 10.3 Å². The minimum Gasteiger partial charge on any atom is -0.507 e. The second-order valence-corrected chi connectivity index (χ2v) is 7.85. The Morgan fingerprint density at radius 1 is 1.27 bits per heavy atom. The number of alkyl halides is 1. The molecule has 3 atom stereocenters. The summed E-state index contributed by atoms with van der Waals surface area (Å²) in [7, 11) is 1.78. The molecule has 1 unspecified atom stereocenters. The van der Waals surface area contributed by atoms with E-state index in [1.165, 1.54) is 0 Å². The molecule has 3 aliphatic rings. The number of ether oxygens (including phenoxy) is 1. The first-order chi connectivity index (χ1) is 14.5. The number of rotatable bonds is 4. The number of nitrogens with one attached hydrogen (secondary N) is 2. The van der Waals surface area contributed by atoms with Crippen LogP contribution in [0.2, 0.25) is 0 Å². The lowest BCUT2D eigenvalue weighted by molar-refractivity contribution is 0.0297. The van der Waals surface area contributed by atoms with Crippen LogP contribution < -0.4 is 10.2 Å². The molecule has 10 heteroatoms. The number of aromatic nitrogens is 5. The summed E-state index contributed by atoms with van der Waals surface area (Å²) in [5.74, 6) is 0.403. The summed E-state index contributed by atoms with van der Waals surface area (Å²) >= 11 is 0. The van der Waals surface area contributed by atoms with Crippen LogP contribution >= 0.6 is 0 Å². The maximum atomic E-state index is 15.4. The van der Waals surface area contributed by atoms with Gasteiger partial charge in [0.2, 0.25) is 5.95 Å². The number of H-pyrrole nitrogens is 1. The van der Waals surface area contributed by atoms with Crippen molar-refractivity contribution in [3.63, 3.8) is 0 Å². The van der Waals surface area contributed by atoms with Crippen molar-refractivity contribution in [1.82, 2.24) is 30.7 Å². The first-order valence-electron chi connectivity index (χ1n) is 9.79. The Hall–Kier alpha value is -3.11. The fourth-order valence-electron chi connectivity index (χ4n) is 4.18. The van der Waals surface area contributed by atoms with Crippen LogP contribution in [0.5, 0.6) is 5.75 Å². The second kappa shape index (κ2) is 7.29. The van der Waals surface area contributed by atoms with E-state index >= 15 is 4.39 Å². The number of aromatic amines is 1. The predicted molar refractivity (Wildman–Crippen MR) is 108 cm³/mol. The second-order valence-electron chi connectivity index (χ2n) is 7.85. The molecule has 3 aliphatic heterocycles. The van der Waals surface area contributed by atoms with Crippen LogP contribution in [0.1, 0.15) is 6.42 Å². The van der Waals surface area contributed by atoms with E-state index in [2.05, 4.69) is 30.7 Å². The Morgan fingerprint density at radius 2 is 2.17 bits per heavy atom. The summed E-state index contributed by atoms with van der Waals surface area (Å²) < 4.78 is 20.9. The van der Waals surface area contributed by atoms with E-state index < -0.39 is 11.7 Å². The molecule has 2 aromatic heterocycles. The Balaban J connectivity index is 1.38. The normalized spacial score (nSPS) is 25.8. The Morgan fingerprint density at radius 3 is 2.90 bits per heavy atom. The van der Waals surface area contributed by atoms with E-state index in [1.807, 2.05) is 6.07 Å². The van der Waals surface area contributed by atoms with Crippen molar-refractivity contribution in [2.45, 2.75) is 24.2 Å². The maximum Gasteiger partial charge on any atom is 0.245 e. The number of nitrogens with zero attached hydrogens (tertiary/aromatic N) is 5. The number of aromatic hydroxyl groups is 1. The molecule has 5 heterocycles. The van der Waals surface area contributed by atoms with Gasteiger partial charge >= 0.3 is 0 Å². The summed E-state index contributed by atoms with van der Waals surface area (Å²) in [5.41, 5.74) is 1.14. The zero-order chi connectivity index (χ0) is 20.7. The fraction of sp³-hybridized carbons (Fsp3) is 0.400. The number of anilines is 1. The Labute approximate surface area is 172 Å². The third-order valence-electron chi connectivity index (χ3n) is 5.89. The van der Waals surface area contributed by atoms with Crippen molar-refractivity contribution >= 4 is 5.95 Å². The molecule has 2 bridgehead atoms. The molecule has 156 valence electrons. The lowest BCUT2D eigenvalue weighted by Crippen LogP contribution is -2.62. The van der Waals surface area contributed by atoms with Crippen molar-refractivity contribution in [3.8, 4) is 28.1 Å². The van der Waals surface area contributed by atoms with Gasteiger partial charge in [-0.3, -0.25) is 5.10 Å². The van der Waals surface area contributed by atoms with Crippen LogP contribution in [0.25, 0.3) is 22.4 Å². The molecular weight excluding hydrogens is 389 g/mol. The quantitative estimate of drug-likeness (QED) is 0.593. The molecule has 6 rings (SSSR count). The van der Waals surface area contributed by atoms with Gasteiger partial charge in [-0.25, -0.2) is 9.37 Å². The molecule has 0 amide bonds. The number of halogens is 1. The topological polar surface area (TPSA) is 112 Å². The van der Waals surface area contributed by atoms with Crippen LogP contribution in [0.15, 0.2) is 36.8 Å². The smallest absolute Gasteiger partial charge is 0.245 e. The summed E-state index contributed by atoms with van der Waals surface area (Å²) in [4.78, 5) is 6.12. The molecule has 3 saturated heterocycles. The Bertz CT molecular complexity index is 1030. The largest absolute Gasteiger partial charge is 0.507 e. The van der Waals surface area contributed by atoms with E-state index in [4.69, 9.17) is 4.74 Å². The van der Waals surface area contributed by atoms with Gasteiger partial charge in [0, 0.05) is 37.0 Å². The minimum absolute atomic E-state index is 0.0495. The van der Waals surface area contributed by atoms with Gasteiger partial charge in [0.05, 0.1) is 31.6 Å². The van der Waals surface area contributed by atoms with Gasteiger partial charge in [-0.1, -0.05) is 6.07 Å². The van der Waals surface area contributed by atoms with E-state index in [0.717, 1.165) is 11.1 Å².